The summed E-state index contributed by atoms with van der Waals surface area (Å²) < 4.78 is 0. The van der Waals surface area contributed by atoms with E-state index < -0.39 is 0 Å². The van der Waals surface area contributed by atoms with Crippen molar-refractivity contribution in [3.8, 4) is 0 Å². The first kappa shape index (κ1) is 14.7. The van der Waals surface area contributed by atoms with Crippen molar-refractivity contribution in [3.63, 3.8) is 0 Å². The van der Waals surface area contributed by atoms with Gasteiger partial charge in [0.1, 0.15) is 5.15 Å². The second kappa shape index (κ2) is 7.17. The van der Waals surface area contributed by atoms with Gasteiger partial charge in [-0.15, -0.1) is 0 Å². The van der Waals surface area contributed by atoms with Gasteiger partial charge in [0.25, 0.3) is 0 Å². The van der Waals surface area contributed by atoms with Gasteiger partial charge in [0, 0.05) is 6.20 Å². The zero-order valence-corrected chi connectivity index (χ0v) is 10.7. The van der Waals surface area contributed by atoms with Crippen molar-refractivity contribution >= 4 is 11.6 Å². The minimum atomic E-state index is 0. The third-order valence-electron chi connectivity index (χ3n) is 3.03. The van der Waals surface area contributed by atoms with E-state index in [9.17, 15) is 0 Å². The van der Waals surface area contributed by atoms with Gasteiger partial charge in [-0.25, -0.2) is 4.98 Å². The van der Waals surface area contributed by atoms with Crippen molar-refractivity contribution in [1.82, 2.24) is 4.98 Å². The van der Waals surface area contributed by atoms with E-state index in [0.29, 0.717) is 11.1 Å². The van der Waals surface area contributed by atoms with E-state index in [4.69, 9.17) is 11.6 Å². The fourth-order valence-corrected chi connectivity index (χ4v) is 2.13. The lowest BCUT2D eigenvalue weighted by Crippen LogP contribution is -1.96. The van der Waals surface area contributed by atoms with Crippen LogP contribution in [0.25, 0.3) is 0 Å². The maximum absolute atomic E-state index is 5.87. The van der Waals surface area contributed by atoms with E-state index in [-0.39, 0.29) is 7.43 Å². The molecule has 1 aromatic carbocycles. The van der Waals surface area contributed by atoms with Crippen LogP contribution in [0.15, 0.2) is 48.7 Å². The summed E-state index contributed by atoms with van der Waals surface area (Å²) in [5.74, 6) is 0.572. The summed E-state index contributed by atoms with van der Waals surface area (Å²) in [4.78, 5) is 3.99. The van der Waals surface area contributed by atoms with Crippen LogP contribution in [0.3, 0.4) is 0 Å². The molecule has 1 atom stereocenters. The van der Waals surface area contributed by atoms with Crippen molar-refractivity contribution in [2.24, 2.45) is 0 Å². The van der Waals surface area contributed by atoms with Gasteiger partial charge in [0.05, 0.1) is 0 Å². The Balaban J connectivity index is 0.00000162. The Morgan fingerprint density at radius 3 is 2.56 bits per heavy atom. The predicted molar refractivity (Wildman–Crippen MR) is 79.2 cm³/mol. The number of halogens is 1. The highest BCUT2D eigenvalue weighted by Crippen LogP contribution is 2.21. The molecule has 0 aliphatic carbocycles. The molecule has 96 valence electrons. The van der Waals surface area contributed by atoms with E-state index in [1.165, 1.54) is 11.1 Å². The highest BCUT2D eigenvalue weighted by atomic mass is 35.5. The third-order valence-corrected chi connectivity index (χ3v) is 3.23. The second-order valence-electron chi connectivity index (χ2n) is 4.34. The molecule has 2 rings (SSSR count). The number of aromatic nitrogens is 1. The van der Waals surface area contributed by atoms with Crippen molar-refractivity contribution in [2.75, 3.05) is 0 Å². The lowest BCUT2D eigenvalue weighted by atomic mass is 9.94. The Morgan fingerprint density at radius 2 is 1.89 bits per heavy atom. The van der Waals surface area contributed by atoms with Crippen LogP contribution in [0, 0.1) is 0 Å². The minimum absolute atomic E-state index is 0. The molecule has 0 fully saturated rings. The first-order valence-electron chi connectivity index (χ1n) is 5.91. The summed E-state index contributed by atoms with van der Waals surface area (Å²) in [5.41, 5.74) is 2.65. The molecule has 0 N–H and O–H groups in total. The fraction of sp³-hybridized carbons (Fsp3) is 0.312. The number of hydrogen-bond acceptors (Lipinski definition) is 1. The molecule has 2 aromatic rings. The second-order valence-corrected chi connectivity index (χ2v) is 4.72. The normalized spacial score (nSPS) is 11.7. The fourth-order valence-electron chi connectivity index (χ4n) is 1.93. The number of benzene rings is 1. The first-order chi connectivity index (χ1) is 8.25. The van der Waals surface area contributed by atoms with E-state index in [1.54, 1.807) is 6.20 Å². The summed E-state index contributed by atoms with van der Waals surface area (Å²) in [5, 5.41) is 0.579. The summed E-state index contributed by atoms with van der Waals surface area (Å²) in [7, 11) is 0. The number of hydrogen-bond donors (Lipinski definition) is 0. The summed E-state index contributed by atoms with van der Waals surface area (Å²) >= 11 is 5.87. The topological polar surface area (TPSA) is 12.9 Å². The molecule has 0 aliphatic rings. The smallest absolute Gasteiger partial charge is 0.129 e. The molecule has 0 unspecified atom stereocenters. The molecule has 1 heterocycles. The molecule has 0 amide bonds. The van der Waals surface area contributed by atoms with Crippen LogP contribution in [0.4, 0.5) is 0 Å². The summed E-state index contributed by atoms with van der Waals surface area (Å²) in [6.45, 7) is 2.26. The molecule has 1 nitrogen and oxygen atoms in total. The molecule has 0 saturated heterocycles. The number of nitrogens with zero attached hydrogens (tertiary/aromatic N) is 1. The number of rotatable bonds is 4. The van der Waals surface area contributed by atoms with Gasteiger partial charge in [-0.05, 0) is 42.0 Å². The maximum Gasteiger partial charge on any atom is 0.129 e. The molecule has 18 heavy (non-hydrogen) atoms. The van der Waals surface area contributed by atoms with Gasteiger partial charge < -0.3 is 0 Å². The van der Waals surface area contributed by atoms with E-state index in [1.807, 2.05) is 12.1 Å². The molecule has 0 aliphatic heterocycles. The zero-order chi connectivity index (χ0) is 12.1. The molecular formula is C16H20ClN. The van der Waals surface area contributed by atoms with Crippen molar-refractivity contribution < 1.29 is 0 Å². The van der Waals surface area contributed by atoms with E-state index in [0.717, 1.165) is 12.8 Å². The molecule has 0 radical (unpaired) electrons. The molecular weight excluding hydrogens is 242 g/mol. The average Bonchev–Trinajstić information content (AvgIpc) is 2.37. The maximum atomic E-state index is 5.87. The van der Waals surface area contributed by atoms with Gasteiger partial charge in [0.2, 0.25) is 0 Å². The minimum Gasteiger partial charge on any atom is -0.245 e. The highest BCUT2D eigenvalue weighted by Gasteiger charge is 2.05. The monoisotopic (exact) mass is 261 g/mol. The Kier molecular flexibility index (Phi) is 5.87. The van der Waals surface area contributed by atoms with Crippen LogP contribution in [-0.4, -0.2) is 4.98 Å². The summed E-state index contributed by atoms with van der Waals surface area (Å²) in [6, 6.07) is 14.6. The Hall–Kier alpha value is -1.34. The van der Waals surface area contributed by atoms with Crippen molar-refractivity contribution in [1.29, 1.82) is 0 Å². The molecule has 0 spiro atoms. The predicted octanol–water partition coefficient (Wildman–Crippen LogP) is 5.11. The van der Waals surface area contributed by atoms with Gasteiger partial charge >= 0.3 is 0 Å². The van der Waals surface area contributed by atoms with Gasteiger partial charge in [0.15, 0.2) is 0 Å². The van der Waals surface area contributed by atoms with Gasteiger partial charge in [-0.3, -0.25) is 0 Å². The molecule has 0 saturated carbocycles. The first-order valence-corrected chi connectivity index (χ1v) is 6.29. The van der Waals surface area contributed by atoms with Crippen LogP contribution in [-0.2, 0) is 6.42 Å². The average molecular weight is 262 g/mol. The Bertz CT molecular complexity index is 468. The quantitative estimate of drug-likeness (QED) is 0.697. The van der Waals surface area contributed by atoms with Gasteiger partial charge in [-0.2, -0.15) is 0 Å². The van der Waals surface area contributed by atoms with Crippen LogP contribution >= 0.6 is 11.6 Å². The molecule has 0 bridgehead atoms. The van der Waals surface area contributed by atoms with Crippen LogP contribution in [0.5, 0.6) is 0 Å². The lowest BCUT2D eigenvalue weighted by Gasteiger charge is -2.11. The van der Waals surface area contributed by atoms with E-state index >= 15 is 0 Å². The zero-order valence-electron chi connectivity index (χ0n) is 9.94. The van der Waals surface area contributed by atoms with Crippen LogP contribution < -0.4 is 0 Å². The van der Waals surface area contributed by atoms with E-state index in [2.05, 4.69) is 42.2 Å². The lowest BCUT2D eigenvalue weighted by molar-refractivity contribution is 0.679. The Morgan fingerprint density at radius 1 is 1.17 bits per heavy atom. The largest absolute Gasteiger partial charge is 0.245 e. The standard InChI is InChI=1S/C15H16ClN.CH4/c1-12(14-5-3-2-4-6-14)7-8-13-9-10-17-15(16)11-13;/h2-6,9-12H,7-8H2,1H3;1H4/t12-;/m0./s1. The molecule has 1 aromatic heterocycles. The van der Waals surface area contributed by atoms with Crippen molar-refractivity contribution in [3.05, 3.63) is 64.9 Å². The third kappa shape index (κ3) is 4.15. The Labute approximate surface area is 115 Å². The number of pyridine rings is 1. The van der Waals surface area contributed by atoms with Crippen molar-refractivity contribution in [2.45, 2.75) is 33.1 Å². The highest BCUT2D eigenvalue weighted by molar-refractivity contribution is 6.29. The SMILES string of the molecule is C.C[C@@H](CCc1ccnc(Cl)c1)c1ccccc1. The summed E-state index contributed by atoms with van der Waals surface area (Å²) in [6.07, 6.45) is 3.94. The van der Waals surface area contributed by atoms with Crippen LogP contribution in [0.2, 0.25) is 5.15 Å². The number of aryl methyl sites for hydroxylation is 1. The van der Waals surface area contributed by atoms with Gasteiger partial charge in [-0.1, -0.05) is 56.3 Å². The molecule has 2 heteroatoms. The van der Waals surface area contributed by atoms with Crippen LogP contribution in [0.1, 0.15) is 37.8 Å².